The number of carbonyl (C=O) groups excluding carboxylic acids is 1. The fraction of sp³-hybridized carbons (Fsp3) is 0.833. The summed E-state index contributed by atoms with van der Waals surface area (Å²) in [6.07, 6.45) is 5.47. The lowest BCUT2D eigenvalue weighted by Crippen LogP contribution is -2.19. The molecule has 0 spiro atoms. The van der Waals surface area contributed by atoms with Crippen LogP contribution in [-0.2, 0) is 4.79 Å². The van der Waals surface area contributed by atoms with E-state index in [9.17, 15) is 4.79 Å². The van der Waals surface area contributed by atoms with Crippen molar-refractivity contribution >= 4 is 12.1 Å². The lowest BCUT2D eigenvalue weighted by atomic mass is 9.95. The van der Waals surface area contributed by atoms with Crippen LogP contribution in [0.2, 0.25) is 0 Å². The van der Waals surface area contributed by atoms with Gasteiger partial charge in [-0.25, -0.2) is 5.43 Å². The molecular formula is C12H24N2O. The molecule has 0 saturated heterocycles. The summed E-state index contributed by atoms with van der Waals surface area (Å²) in [5.74, 6) is 1.05. The second-order valence-corrected chi connectivity index (χ2v) is 4.23. The van der Waals surface area contributed by atoms with Gasteiger partial charge in [0, 0.05) is 12.6 Å². The fourth-order valence-electron chi connectivity index (χ4n) is 1.35. The highest BCUT2D eigenvalue weighted by atomic mass is 16.2. The first-order chi connectivity index (χ1) is 7.11. The van der Waals surface area contributed by atoms with Crippen LogP contribution >= 0.6 is 0 Å². The number of hydrogen-bond acceptors (Lipinski definition) is 2. The Morgan fingerprint density at radius 3 is 2.53 bits per heavy atom. The van der Waals surface area contributed by atoms with Gasteiger partial charge < -0.3 is 0 Å². The largest absolute Gasteiger partial charge is 0.273 e. The van der Waals surface area contributed by atoms with Crippen molar-refractivity contribution in [3.8, 4) is 0 Å². The van der Waals surface area contributed by atoms with Crippen LogP contribution in [0.4, 0.5) is 0 Å². The molecule has 88 valence electrons. The van der Waals surface area contributed by atoms with Crippen molar-refractivity contribution in [1.29, 1.82) is 0 Å². The average molecular weight is 212 g/mol. The number of rotatable bonds is 7. The number of unbranched alkanes of at least 4 members (excludes halogenated alkanes) is 1. The van der Waals surface area contributed by atoms with Gasteiger partial charge in [-0.2, -0.15) is 5.10 Å². The zero-order valence-electron chi connectivity index (χ0n) is 10.4. The van der Waals surface area contributed by atoms with E-state index in [1.54, 1.807) is 0 Å². The molecule has 0 radical (unpaired) electrons. The van der Waals surface area contributed by atoms with Gasteiger partial charge in [0.2, 0.25) is 5.91 Å². The molecule has 3 nitrogen and oxygen atoms in total. The van der Waals surface area contributed by atoms with Crippen molar-refractivity contribution in [3.63, 3.8) is 0 Å². The van der Waals surface area contributed by atoms with Crippen molar-refractivity contribution in [3.05, 3.63) is 0 Å². The van der Waals surface area contributed by atoms with Crippen LogP contribution in [0.1, 0.15) is 53.4 Å². The minimum Gasteiger partial charge on any atom is -0.273 e. The zero-order chi connectivity index (χ0) is 11.7. The molecule has 0 unspecified atom stereocenters. The highest BCUT2D eigenvalue weighted by molar-refractivity contribution is 5.76. The van der Waals surface area contributed by atoms with E-state index in [-0.39, 0.29) is 5.91 Å². The third-order valence-electron chi connectivity index (χ3n) is 2.54. The lowest BCUT2D eigenvalue weighted by molar-refractivity contribution is -0.121. The molecule has 0 aromatic carbocycles. The third kappa shape index (κ3) is 7.11. The van der Waals surface area contributed by atoms with Gasteiger partial charge in [-0.1, -0.05) is 34.1 Å². The summed E-state index contributed by atoms with van der Waals surface area (Å²) in [5, 5.41) is 3.99. The highest BCUT2D eigenvalue weighted by Crippen LogP contribution is 2.11. The predicted octanol–water partition coefficient (Wildman–Crippen LogP) is 2.96. The monoisotopic (exact) mass is 212 g/mol. The normalized spacial score (nSPS) is 13.4. The minimum atomic E-state index is 0.0201. The summed E-state index contributed by atoms with van der Waals surface area (Å²) < 4.78 is 0. The van der Waals surface area contributed by atoms with Crippen molar-refractivity contribution < 1.29 is 4.79 Å². The van der Waals surface area contributed by atoms with Gasteiger partial charge in [0.05, 0.1) is 0 Å². The van der Waals surface area contributed by atoms with E-state index in [4.69, 9.17) is 0 Å². The maximum atomic E-state index is 11.2. The molecule has 15 heavy (non-hydrogen) atoms. The molecule has 1 amide bonds. The summed E-state index contributed by atoms with van der Waals surface area (Å²) >= 11 is 0. The summed E-state index contributed by atoms with van der Waals surface area (Å²) in [6, 6.07) is 0. The molecule has 1 N–H and O–H groups in total. The molecule has 1 atom stereocenters. The zero-order valence-corrected chi connectivity index (χ0v) is 10.4. The number of nitrogens with zero attached hydrogens (tertiary/aromatic N) is 1. The third-order valence-corrected chi connectivity index (χ3v) is 2.54. The Kier molecular flexibility index (Phi) is 7.96. The Hall–Kier alpha value is -0.860. The molecule has 0 bridgehead atoms. The number of hydrogen-bond donors (Lipinski definition) is 1. The Morgan fingerprint density at radius 1 is 1.40 bits per heavy atom. The van der Waals surface area contributed by atoms with Crippen LogP contribution in [0.5, 0.6) is 0 Å². The van der Waals surface area contributed by atoms with Gasteiger partial charge in [0.1, 0.15) is 0 Å². The maximum Gasteiger partial charge on any atom is 0.240 e. The Labute approximate surface area is 93.3 Å². The van der Waals surface area contributed by atoms with Crippen LogP contribution in [-0.4, -0.2) is 12.1 Å². The van der Waals surface area contributed by atoms with Crippen LogP contribution in [0.25, 0.3) is 0 Å². The van der Waals surface area contributed by atoms with Gasteiger partial charge in [-0.15, -0.1) is 0 Å². The second-order valence-electron chi connectivity index (χ2n) is 4.23. The van der Waals surface area contributed by atoms with Gasteiger partial charge in [-0.05, 0) is 24.7 Å². The molecule has 0 saturated carbocycles. The molecule has 0 aliphatic carbocycles. The smallest absolute Gasteiger partial charge is 0.240 e. The lowest BCUT2D eigenvalue weighted by Gasteiger charge is -2.12. The second kappa shape index (κ2) is 8.45. The Balaban J connectivity index is 3.81. The van der Waals surface area contributed by atoms with Gasteiger partial charge in [-0.3, -0.25) is 4.79 Å². The molecule has 0 heterocycles. The van der Waals surface area contributed by atoms with Crippen LogP contribution in [0.15, 0.2) is 5.10 Å². The first-order valence-electron chi connectivity index (χ1n) is 5.93. The summed E-state index contributed by atoms with van der Waals surface area (Å²) in [5.41, 5.74) is 2.57. The molecular weight excluding hydrogens is 188 g/mol. The van der Waals surface area contributed by atoms with Crippen LogP contribution in [0, 0.1) is 11.8 Å². The summed E-state index contributed by atoms with van der Waals surface area (Å²) in [4.78, 5) is 11.2. The number of amides is 1. The maximum absolute atomic E-state index is 11.2. The van der Waals surface area contributed by atoms with E-state index < -0.39 is 0 Å². The molecule has 0 fully saturated rings. The Bertz CT molecular complexity index is 200. The van der Waals surface area contributed by atoms with E-state index in [1.807, 2.05) is 6.21 Å². The fourth-order valence-corrected chi connectivity index (χ4v) is 1.35. The van der Waals surface area contributed by atoms with Gasteiger partial charge in [0.15, 0.2) is 0 Å². The molecule has 0 rings (SSSR count). The first kappa shape index (κ1) is 14.1. The van der Waals surface area contributed by atoms with Crippen molar-refractivity contribution in [2.24, 2.45) is 16.9 Å². The number of nitrogens with one attached hydrogen (secondary N) is 1. The van der Waals surface area contributed by atoms with E-state index in [1.165, 1.54) is 0 Å². The number of hydrazone groups is 1. The van der Waals surface area contributed by atoms with Crippen molar-refractivity contribution in [2.75, 3.05) is 0 Å². The number of carbonyl (C=O) groups is 1. The SMILES string of the molecule is CCCCC(=O)N/N=C/[C@@H](CC)C(C)C. The minimum absolute atomic E-state index is 0.0201. The summed E-state index contributed by atoms with van der Waals surface area (Å²) in [7, 11) is 0. The van der Waals surface area contributed by atoms with Crippen molar-refractivity contribution in [1.82, 2.24) is 5.43 Å². The van der Waals surface area contributed by atoms with E-state index in [0.29, 0.717) is 18.3 Å². The van der Waals surface area contributed by atoms with Crippen LogP contribution < -0.4 is 5.43 Å². The Morgan fingerprint density at radius 2 is 2.07 bits per heavy atom. The quantitative estimate of drug-likeness (QED) is 0.511. The van der Waals surface area contributed by atoms with Gasteiger partial charge >= 0.3 is 0 Å². The highest BCUT2D eigenvalue weighted by Gasteiger charge is 2.07. The average Bonchev–Trinajstić information content (AvgIpc) is 2.20. The standard InChI is InChI=1S/C12H24N2O/c1-5-7-8-12(15)14-13-9-11(6-2)10(3)4/h9-11H,5-8H2,1-4H3,(H,14,15)/b13-9+/t11-/m1/s1. The molecule has 0 aromatic heterocycles. The molecule has 3 heteroatoms. The molecule has 0 aliphatic heterocycles. The van der Waals surface area contributed by atoms with E-state index >= 15 is 0 Å². The first-order valence-corrected chi connectivity index (χ1v) is 5.93. The van der Waals surface area contributed by atoms with Crippen molar-refractivity contribution in [2.45, 2.75) is 53.4 Å². The summed E-state index contributed by atoms with van der Waals surface area (Å²) in [6.45, 7) is 8.54. The molecule has 0 aromatic rings. The van der Waals surface area contributed by atoms with Crippen LogP contribution in [0.3, 0.4) is 0 Å². The molecule has 0 aliphatic rings. The predicted molar refractivity (Wildman–Crippen MR) is 64.8 cm³/mol. The topological polar surface area (TPSA) is 41.5 Å². The van der Waals surface area contributed by atoms with E-state index in [2.05, 4.69) is 38.2 Å². The van der Waals surface area contributed by atoms with Gasteiger partial charge in [0.25, 0.3) is 0 Å². The van der Waals surface area contributed by atoms with E-state index in [0.717, 1.165) is 19.3 Å².